The van der Waals surface area contributed by atoms with Gasteiger partial charge < -0.3 is 24.2 Å². The smallest absolute Gasteiger partial charge is 0.179 e. The molecule has 4 bridgehead atoms. The van der Waals surface area contributed by atoms with E-state index >= 15 is 0 Å². The average molecular weight is 281 g/mol. The Balaban J connectivity index is 1.61. The Morgan fingerprint density at radius 1 is 0.800 bits per heavy atom. The zero-order chi connectivity index (χ0) is 13.4. The summed E-state index contributed by atoms with van der Waals surface area (Å²) in [6.07, 6.45) is 2.75. The van der Waals surface area contributed by atoms with E-state index < -0.39 is 11.6 Å². The molecule has 2 saturated heterocycles. The van der Waals surface area contributed by atoms with Gasteiger partial charge >= 0.3 is 0 Å². The van der Waals surface area contributed by atoms with Crippen molar-refractivity contribution in [3.8, 4) is 0 Å². The second kappa shape index (κ2) is 3.74. The summed E-state index contributed by atoms with van der Waals surface area (Å²) in [5.41, 5.74) is 0.765. The van der Waals surface area contributed by atoms with E-state index in [0.717, 1.165) is 25.0 Å². The number of rotatable bonds is 0. The normalized spacial score (nSPS) is 46.7. The number of hydrogen-bond acceptors (Lipinski definition) is 6. The highest BCUT2D eigenvalue weighted by Crippen LogP contribution is 2.64. The summed E-state index contributed by atoms with van der Waals surface area (Å²) in [6, 6.07) is 0. The molecule has 1 N–H and O–H groups in total. The predicted octanol–water partition coefficient (Wildman–Crippen LogP) is 0.979. The lowest BCUT2D eigenvalue weighted by atomic mass is 9.49. The van der Waals surface area contributed by atoms with Crippen LogP contribution in [0.4, 0.5) is 0 Å². The maximum absolute atomic E-state index is 9.55. The van der Waals surface area contributed by atoms with E-state index in [1.807, 2.05) is 0 Å². The lowest BCUT2D eigenvalue weighted by Crippen LogP contribution is -2.71. The van der Waals surface area contributed by atoms with Crippen LogP contribution in [0.25, 0.3) is 0 Å². The van der Waals surface area contributed by atoms with Gasteiger partial charge in [-0.15, -0.1) is 0 Å². The molecule has 0 aromatic heterocycles. The molecule has 6 heteroatoms. The number of nitrogens with zero attached hydrogens (tertiary/aromatic N) is 1. The van der Waals surface area contributed by atoms with Crippen LogP contribution in [0.2, 0.25) is 0 Å². The molecule has 4 atom stereocenters. The van der Waals surface area contributed by atoms with Crippen LogP contribution in [-0.2, 0) is 18.9 Å². The van der Waals surface area contributed by atoms with Crippen LogP contribution in [0, 0.1) is 23.7 Å². The van der Waals surface area contributed by atoms with Crippen LogP contribution in [0.1, 0.15) is 19.3 Å². The van der Waals surface area contributed by atoms with E-state index in [-0.39, 0.29) is 11.8 Å². The molecule has 20 heavy (non-hydrogen) atoms. The van der Waals surface area contributed by atoms with Gasteiger partial charge in [-0.2, -0.15) is 0 Å². The average Bonchev–Trinajstić information content (AvgIpc) is 3.10. The second-order valence-corrected chi connectivity index (χ2v) is 6.57. The number of hydrogen-bond donors (Lipinski definition) is 1. The predicted molar refractivity (Wildman–Crippen MR) is 66.3 cm³/mol. The molecule has 0 aromatic carbocycles. The van der Waals surface area contributed by atoms with Crippen LogP contribution in [0.3, 0.4) is 0 Å². The summed E-state index contributed by atoms with van der Waals surface area (Å²) in [5, 5.41) is 13.2. The lowest BCUT2D eigenvalue weighted by Gasteiger charge is -2.63. The van der Waals surface area contributed by atoms with Gasteiger partial charge in [0.25, 0.3) is 0 Å². The lowest BCUT2D eigenvalue weighted by molar-refractivity contribution is -0.324. The van der Waals surface area contributed by atoms with Crippen molar-refractivity contribution in [3.05, 3.63) is 0 Å². The van der Waals surface area contributed by atoms with E-state index in [4.69, 9.17) is 18.9 Å². The summed E-state index contributed by atoms with van der Waals surface area (Å²) < 4.78 is 24.0. The summed E-state index contributed by atoms with van der Waals surface area (Å²) in [6.45, 7) is 2.55. The number of oxime groups is 1. The van der Waals surface area contributed by atoms with Gasteiger partial charge in [0.15, 0.2) is 11.6 Å². The van der Waals surface area contributed by atoms with Crippen molar-refractivity contribution in [2.24, 2.45) is 28.8 Å². The van der Waals surface area contributed by atoms with Crippen LogP contribution in [0.5, 0.6) is 0 Å². The van der Waals surface area contributed by atoms with Gasteiger partial charge in [0.05, 0.1) is 44.0 Å². The molecule has 0 amide bonds. The van der Waals surface area contributed by atoms with Gasteiger partial charge in [-0.25, -0.2) is 0 Å². The molecule has 2 spiro atoms. The van der Waals surface area contributed by atoms with Crippen molar-refractivity contribution < 1.29 is 24.2 Å². The van der Waals surface area contributed by atoms with Crippen molar-refractivity contribution in [2.75, 3.05) is 26.4 Å². The molecule has 4 aliphatic carbocycles. The molecule has 110 valence electrons. The molecule has 0 radical (unpaired) electrons. The first kappa shape index (κ1) is 11.9. The molecule has 0 unspecified atom stereocenters. The Bertz CT molecular complexity index is 428. The van der Waals surface area contributed by atoms with Gasteiger partial charge in [0, 0.05) is 11.8 Å². The van der Waals surface area contributed by atoms with Crippen LogP contribution in [-0.4, -0.2) is 48.9 Å². The van der Waals surface area contributed by atoms with Crippen molar-refractivity contribution >= 4 is 5.71 Å². The fourth-order valence-electron chi connectivity index (χ4n) is 5.46. The highest BCUT2D eigenvalue weighted by molar-refractivity contribution is 5.92. The van der Waals surface area contributed by atoms with Gasteiger partial charge in [0.1, 0.15) is 0 Å². The second-order valence-electron chi connectivity index (χ2n) is 6.57. The first-order valence-corrected chi connectivity index (χ1v) is 7.58. The van der Waals surface area contributed by atoms with Gasteiger partial charge in [-0.05, 0) is 19.3 Å². The van der Waals surface area contributed by atoms with Crippen LogP contribution >= 0.6 is 0 Å². The van der Waals surface area contributed by atoms with E-state index in [2.05, 4.69) is 5.16 Å². The largest absolute Gasteiger partial charge is 0.411 e. The molecule has 6 rings (SSSR count). The van der Waals surface area contributed by atoms with Gasteiger partial charge in [-0.3, -0.25) is 0 Å². The molecule has 6 fully saturated rings. The molecule has 4 saturated carbocycles. The third-order valence-electron chi connectivity index (χ3n) is 6.03. The maximum Gasteiger partial charge on any atom is 0.179 e. The molecule has 6 nitrogen and oxygen atoms in total. The minimum absolute atomic E-state index is 0.0518. The topological polar surface area (TPSA) is 69.5 Å². The van der Waals surface area contributed by atoms with E-state index in [9.17, 15) is 5.21 Å². The standard InChI is InChI=1S/C14H19NO5/c16-15-12-10-7-9-5-8(13(10)17-1-2-18-13)6-11(12)14(9)19-3-4-20-14/h8-11,16H,1-7H2/t8-,9-,10+,11+/m0/s1. The third kappa shape index (κ3) is 1.15. The van der Waals surface area contributed by atoms with Crippen molar-refractivity contribution in [2.45, 2.75) is 30.8 Å². The Morgan fingerprint density at radius 3 is 1.65 bits per heavy atom. The van der Waals surface area contributed by atoms with Crippen molar-refractivity contribution in [1.82, 2.24) is 0 Å². The first-order valence-electron chi connectivity index (χ1n) is 7.58. The zero-order valence-corrected chi connectivity index (χ0v) is 11.3. The van der Waals surface area contributed by atoms with Crippen molar-refractivity contribution in [3.63, 3.8) is 0 Å². The molecule has 6 aliphatic rings. The fourth-order valence-corrected chi connectivity index (χ4v) is 5.46. The summed E-state index contributed by atoms with van der Waals surface area (Å²) >= 11 is 0. The maximum atomic E-state index is 9.55. The molecule has 2 heterocycles. The molecule has 2 aliphatic heterocycles. The third-order valence-corrected chi connectivity index (χ3v) is 6.03. The SMILES string of the molecule is ON=C1[C@H]2C[C@@H]3C[C@@H](C[C@H]1C31OCCO1)C21OCCO1. The van der Waals surface area contributed by atoms with E-state index in [1.54, 1.807) is 0 Å². The Morgan fingerprint density at radius 2 is 1.25 bits per heavy atom. The minimum atomic E-state index is -0.547. The molecular weight excluding hydrogens is 262 g/mol. The minimum Gasteiger partial charge on any atom is -0.411 e. The molecular formula is C14H19NO5. The van der Waals surface area contributed by atoms with Gasteiger partial charge in [0.2, 0.25) is 0 Å². The summed E-state index contributed by atoms with van der Waals surface area (Å²) in [5.74, 6) is -0.263. The fraction of sp³-hybridized carbons (Fsp3) is 0.929. The van der Waals surface area contributed by atoms with Gasteiger partial charge in [-0.1, -0.05) is 5.16 Å². The van der Waals surface area contributed by atoms with E-state index in [1.165, 1.54) is 0 Å². The quantitative estimate of drug-likeness (QED) is 0.529. The van der Waals surface area contributed by atoms with Crippen LogP contribution < -0.4 is 0 Å². The molecule has 0 aromatic rings. The monoisotopic (exact) mass is 281 g/mol. The number of ether oxygens (including phenoxy) is 4. The van der Waals surface area contributed by atoms with E-state index in [0.29, 0.717) is 38.3 Å². The highest BCUT2D eigenvalue weighted by Gasteiger charge is 2.72. The highest BCUT2D eigenvalue weighted by atomic mass is 16.7. The Kier molecular flexibility index (Phi) is 2.23. The summed E-state index contributed by atoms with van der Waals surface area (Å²) in [7, 11) is 0. The summed E-state index contributed by atoms with van der Waals surface area (Å²) in [4.78, 5) is 0. The Hall–Kier alpha value is -0.690. The Labute approximate surface area is 117 Å². The van der Waals surface area contributed by atoms with Crippen LogP contribution in [0.15, 0.2) is 5.16 Å². The zero-order valence-electron chi connectivity index (χ0n) is 11.3. The van der Waals surface area contributed by atoms with Crippen molar-refractivity contribution in [1.29, 1.82) is 0 Å². The first-order chi connectivity index (χ1) is 9.80.